The molecule has 4 aromatic rings. The second-order valence-corrected chi connectivity index (χ2v) is 7.14. The number of rotatable bonds is 7. The average Bonchev–Trinajstić information content (AvgIpc) is 3.31. The lowest BCUT2D eigenvalue weighted by atomic mass is 10.1. The van der Waals surface area contributed by atoms with Crippen LogP contribution >= 0.6 is 0 Å². The second kappa shape index (κ2) is 8.77. The number of benzene rings is 1. The molecule has 0 saturated heterocycles. The van der Waals surface area contributed by atoms with Crippen LogP contribution in [0.5, 0.6) is 0 Å². The van der Waals surface area contributed by atoms with Crippen LogP contribution in [0.1, 0.15) is 35.4 Å². The zero-order valence-electron chi connectivity index (χ0n) is 16.8. The van der Waals surface area contributed by atoms with Gasteiger partial charge in [0.1, 0.15) is 12.2 Å². The van der Waals surface area contributed by atoms with Gasteiger partial charge in [-0.25, -0.2) is 27.2 Å². The summed E-state index contributed by atoms with van der Waals surface area (Å²) in [6.07, 6.45) is -2.92. The van der Waals surface area contributed by atoms with E-state index in [1.165, 1.54) is 13.1 Å². The summed E-state index contributed by atoms with van der Waals surface area (Å²) in [5.74, 6) is -0.531. The number of hydrogen-bond donors (Lipinski definition) is 1. The van der Waals surface area contributed by atoms with Gasteiger partial charge >= 0.3 is 0 Å². The molecule has 166 valence electrons. The maximum atomic E-state index is 13.4. The van der Waals surface area contributed by atoms with Crippen molar-refractivity contribution in [3.05, 3.63) is 71.3 Å². The standard InChI is InChI=1S/C21H18F4N6O/c1-12-18-15(19(22)23)7-16(20(24)25)28-21(18)31(29-12)11-17(32)27-14-8-26-30(10-14)9-13-5-3-2-4-6-13/h2-8,10,19-20H,9,11H2,1H3,(H,27,32). The number of anilines is 1. The number of amides is 1. The molecule has 0 unspecified atom stereocenters. The molecule has 0 radical (unpaired) electrons. The molecular weight excluding hydrogens is 428 g/mol. The summed E-state index contributed by atoms with van der Waals surface area (Å²) in [4.78, 5) is 16.3. The maximum Gasteiger partial charge on any atom is 0.280 e. The molecule has 32 heavy (non-hydrogen) atoms. The maximum absolute atomic E-state index is 13.4. The lowest BCUT2D eigenvalue weighted by Crippen LogP contribution is -2.19. The van der Waals surface area contributed by atoms with Gasteiger partial charge in [0.05, 0.1) is 29.5 Å². The molecule has 0 aliphatic rings. The summed E-state index contributed by atoms with van der Waals surface area (Å²) in [5.41, 5.74) is 0.0575. The highest BCUT2D eigenvalue weighted by Gasteiger charge is 2.24. The minimum atomic E-state index is -3.04. The van der Waals surface area contributed by atoms with E-state index in [0.29, 0.717) is 18.3 Å². The van der Waals surface area contributed by atoms with E-state index in [0.717, 1.165) is 10.2 Å². The minimum Gasteiger partial charge on any atom is -0.322 e. The van der Waals surface area contributed by atoms with Gasteiger partial charge in [-0.2, -0.15) is 10.2 Å². The molecule has 1 N–H and O–H groups in total. The Balaban J connectivity index is 1.54. The van der Waals surface area contributed by atoms with Crippen molar-refractivity contribution >= 4 is 22.6 Å². The Morgan fingerprint density at radius 2 is 1.88 bits per heavy atom. The molecule has 7 nitrogen and oxygen atoms in total. The fourth-order valence-corrected chi connectivity index (χ4v) is 3.42. The molecule has 0 fully saturated rings. The number of halogens is 4. The number of pyridine rings is 1. The summed E-state index contributed by atoms with van der Waals surface area (Å²) in [7, 11) is 0. The molecule has 1 amide bonds. The number of carbonyl (C=O) groups excluding carboxylic acids is 1. The summed E-state index contributed by atoms with van der Waals surface area (Å²) < 4.78 is 55.9. The third-order valence-corrected chi connectivity index (χ3v) is 4.78. The lowest BCUT2D eigenvalue weighted by Gasteiger charge is -2.08. The largest absolute Gasteiger partial charge is 0.322 e. The number of nitrogens with one attached hydrogen (secondary N) is 1. The molecule has 0 atom stereocenters. The summed E-state index contributed by atoms with van der Waals surface area (Å²) in [5, 5.41) is 10.9. The predicted octanol–water partition coefficient (Wildman–Crippen LogP) is 4.50. The van der Waals surface area contributed by atoms with E-state index in [1.54, 1.807) is 10.9 Å². The van der Waals surface area contributed by atoms with Crippen LogP contribution in [0.15, 0.2) is 48.8 Å². The van der Waals surface area contributed by atoms with E-state index < -0.39 is 36.6 Å². The van der Waals surface area contributed by atoms with Gasteiger partial charge in [-0.3, -0.25) is 9.48 Å². The van der Waals surface area contributed by atoms with Gasteiger partial charge < -0.3 is 5.32 Å². The number of fused-ring (bicyclic) bond motifs is 1. The Hall–Kier alpha value is -3.76. The first-order valence-corrected chi connectivity index (χ1v) is 9.62. The fourth-order valence-electron chi connectivity index (χ4n) is 3.42. The summed E-state index contributed by atoms with van der Waals surface area (Å²) in [6.45, 7) is 1.58. The lowest BCUT2D eigenvalue weighted by molar-refractivity contribution is -0.116. The molecule has 11 heteroatoms. The molecule has 4 rings (SSSR count). The van der Waals surface area contributed by atoms with E-state index in [4.69, 9.17) is 0 Å². The quantitative estimate of drug-likeness (QED) is 0.424. The van der Waals surface area contributed by atoms with E-state index in [-0.39, 0.29) is 16.7 Å². The molecule has 0 aliphatic carbocycles. The van der Waals surface area contributed by atoms with Crippen molar-refractivity contribution in [1.29, 1.82) is 0 Å². The van der Waals surface area contributed by atoms with Crippen molar-refractivity contribution in [2.75, 3.05) is 5.32 Å². The van der Waals surface area contributed by atoms with Crippen LogP contribution < -0.4 is 5.32 Å². The number of aryl methyl sites for hydroxylation is 1. The molecule has 0 bridgehead atoms. The first kappa shape index (κ1) is 21.5. The Kier molecular flexibility index (Phi) is 5.89. The fraction of sp³-hybridized carbons (Fsp3) is 0.238. The van der Waals surface area contributed by atoms with Gasteiger partial charge in [0.25, 0.3) is 12.9 Å². The topological polar surface area (TPSA) is 77.6 Å². The molecule has 3 aromatic heterocycles. The average molecular weight is 446 g/mol. The highest BCUT2D eigenvalue weighted by molar-refractivity contribution is 5.91. The highest BCUT2D eigenvalue weighted by atomic mass is 19.3. The molecule has 0 saturated carbocycles. The van der Waals surface area contributed by atoms with E-state index >= 15 is 0 Å². The van der Waals surface area contributed by atoms with Gasteiger partial charge in [0, 0.05) is 11.8 Å². The van der Waals surface area contributed by atoms with Crippen molar-refractivity contribution in [2.24, 2.45) is 0 Å². The molecule has 3 heterocycles. The number of alkyl halides is 4. The third-order valence-electron chi connectivity index (χ3n) is 4.78. The van der Waals surface area contributed by atoms with Crippen LogP contribution in [-0.4, -0.2) is 30.5 Å². The molecule has 0 spiro atoms. The predicted molar refractivity (Wildman–Crippen MR) is 109 cm³/mol. The SMILES string of the molecule is Cc1nn(CC(=O)Nc2cnn(Cc3ccccc3)c2)c2nc(C(F)F)cc(C(F)F)c12. The zero-order valence-corrected chi connectivity index (χ0v) is 16.8. The molecule has 1 aromatic carbocycles. The first-order valence-electron chi connectivity index (χ1n) is 9.62. The van der Waals surface area contributed by atoms with Gasteiger partial charge in [0.15, 0.2) is 5.65 Å². The minimum absolute atomic E-state index is 0.0344. The molecule has 0 aliphatic heterocycles. The van der Waals surface area contributed by atoms with Crippen LogP contribution in [0.25, 0.3) is 11.0 Å². The number of carbonyl (C=O) groups is 1. The van der Waals surface area contributed by atoms with Crippen LogP contribution in [0.4, 0.5) is 23.2 Å². The van der Waals surface area contributed by atoms with Gasteiger partial charge in [-0.05, 0) is 18.6 Å². The molecular formula is C21H18F4N6O. The van der Waals surface area contributed by atoms with Gasteiger partial charge in [-0.15, -0.1) is 0 Å². The zero-order chi connectivity index (χ0) is 22.8. The number of nitrogens with zero attached hydrogens (tertiary/aromatic N) is 5. The van der Waals surface area contributed by atoms with Crippen LogP contribution in [0.3, 0.4) is 0 Å². The van der Waals surface area contributed by atoms with Crippen molar-refractivity contribution < 1.29 is 22.4 Å². The summed E-state index contributed by atoms with van der Waals surface area (Å²) >= 11 is 0. The Morgan fingerprint density at radius 1 is 1.12 bits per heavy atom. The Bertz CT molecular complexity index is 1250. The van der Waals surface area contributed by atoms with Crippen molar-refractivity contribution in [3.63, 3.8) is 0 Å². The van der Waals surface area contributed by atoms with Crippen LogP contribution in [-0.2, 0) is 17.9 Å². The third kappa shape index (κ3) is 4.46. The number of aromatic nitrogens is 5. The second-order valence-electron chi connectivity index (χ2n) is 7.14. The van der Waals surface area contributed by atoms with Crippen molar-refractivity contribution in [2.45, 2.75) is 32.9 Å². The Morgan fingerprint density at radius 3 is 2.56 bits per heavy atom. The Labute approximate surface area is 179 Å². The van der Waals surface area contributed by atoms with Gasteiger partial charge in [0.2, 0.25) is 5.91 Å². The van der Waals surface area contributed by atoms with Gasteiger partial charge in [-0.1, -0.05) is 30.3 Å². The van der Waals surface area contributed by atoms with Crippen LogP contribution in [0, 0.1) is 6.92 Å². The first-order chi connectivity index (χ1) is 15.3. The van der Waals surface area contributed by atoms with Crippen molar-refractivity contribution in [1.82, 2.24) is 24.5 Å². The van der Waals surface area contributed by atoms with Crippen molar-refractivity contribution in [3.8, 4) is 0 Å². The van der Waals surface area contributed by atoms with E-state index in [2.05, 4.69) is 20.5 Å². The smallest absolute Gasteiger partial charge is 0.280 e. The monoisotopic (exact) mass is 446 g/mol. The normalized spacial score (nSPS) is 11.6. The van der Waals surface area contributed by atoms with E-state index in [1.807, 2.05) is 30.3 Å². The summed E-state index contributed by atoms with van der Waals surface area (Å²) in [6, 6.07) is 10.3. The number of hydrogen-bond acceptors (Lipinski definition) is 4. The van der Waals surface area contributed by atoms with E-state index in [9.17, 15) is 22.4 Å². The van der Waals surface area contributed by atoms with Crippen LogP contribution in [0.2, 0.25) is 0 Å². The highest BCUT2D eigenvalue weighted by Crippen LogP contribution is 2.32.